The van der Waals surface area contributed by atoms with E-state index in [0.717, 1.165) is 18.6 Å². The van der Waals surface area contributed by atoms with Gasteiger partial charge in [0, 0.05) is 18.7 Å². The van der Waals surface area contributed by atoms with Crippen LogP contribution in [0.3, 0.4) is 0 Å². The summed E-state index contributed by atoms with van der Waals surface area (Å²) < 4.78 is 65.5. The fourth-order valence-corrected chi connectivity index (χ4v) is 4.00. The molecule has 2 aromatic rings. The first kappa shape index (κ1) is 19.5. The highest BCUT2D eigenvalue weighted by molar-refractivity contribution is 7.92. The van der Waals surface area contributed by atoms with E-state index in [1.54, 1.807) is 4.90 Å². The standard InChI is InChI=1S/C17H14ClF3N2O3S/c18-14-8-3-11(17(19,20)21)10-15(14)22-27(25,26)13-6-4-12(5-7-13)23-9-1-2-16(23)24/h3-8,10,22H,1-2,9H2. The highest BCUT2D eigenvalue weighted by Crippen LogP contribution is 2.34. The van der Waals surface area contributed by atoms with Crippen molar-refractivity contribution in [2.24, 2.45) is 0 Å². The molecule has 27 heavy (non-hydrogen) atoms. The van der Waals surface area contributed by atoms with Gasteiger partial charge in [-0.25, -0.2) is 8.42 Å². The van der Waals surface area contributed by atoms with E-state index in [2.05, 4.69) is 4.72 Å². The molecule has 144 valence electrons. The molecule has 0 spiro atoms. The average molecular weight is 419 g/mol. The maximum absolute atomic E-state index is 12.8. The molecule has 0 saturated carbocycles. The Balaban J connectivity index is 1.86. The number of anilines is 2. The summed E-state index contributed by atoms with van der Waals surface area (Å²) in [7, 11) is -4.16. The van der Waals surface area contributed by atoms with Gasteiger partial charge >= 0.3 is 6.18 Å². The van der Waals surface area contributed by atoms with E-state index in [0.29, 0.717) is 24.7 Å². The van der Waals surface area contributed by atoms with Crippen LogP contribution in [-0.4, -0.2) is 20.9 Å². The summed E-state index contributed by atoms with van der Waals surface area (Å²) in [6.45, 7) is 0.559. The average Bonchev–Trinajstić information content (AvgIpc) is 3.02. The number of sulfonamides is 1. The molecule has 5 nitrogen and oxygen atoms in total. The van der Waals surface area contributed by atoms with E-state index < -0.39 is 21.8 Å². The van der Waals surface area contributed by atoms with Gasteiger partial charge in [0.15, 0.2) is 0 Å². The van der Waals surface area contributed by atoms with Gasteiger partial charge in [-0.1, -0.05) is 11.6 Å². The predicted molar refractivity (Wildman–Crippen MR) is 95.3 cm³/mol. The summed E-state index contributed by atoms with van der Waals surface area (Å²) in [6, 6.07) is 7.90. The third-order valence-corrected chi connectivity index (χ3v) is 5.78. The van der Waals surface area contributed by atoms with E-state index >= 15 is 0 Å². The van der Waals surface area contributed by atoms with Gasteiger partial charge in [0.1, 0.15) is 0 Å². The molecule has 0 unspecified atom stereocenters. The summed E-state index contributed by atoms with van der Waals surface area (Å²) in [5.41, 5.74) is -0.827. The normalized spacial score (nSPS) is 15.3. The van der Waals surface area contributed by atoms with E-state index in [-0.39, 0.29) is 21.5 Å². The van der Waals surface area contributed by atoms with E-state index in [1.165, 1.54) is 24.3 Å². The molecule has 3 rings (SSSR count). The molecule has 1 N–H and O–H groups in total. The van der Waals surface area contributed by atoms with Crippen LogP contribution >= 0.6 is 11.6 Å². The van der Waals surface area contributed by atoms with Crippen LogP contribution in [0.15, 0.2) is 47.4 Å². The molecule has 1 fully saturated rings. The number of hydrogen-bond donors (Lipinski definition) is 1. The third-order valence-electron chi connectivity index (χ3n) is 4.07. The number of carbonyl (C=O) groups is 1. The quantitative estimate of drug-likeness (QED) is 0.805. The first-order chi connectivity index (χ1) is 12.6. The van der Waals surface area contributed by atoms with E-state index in [4.69, 9.17) is 11.6 Å². The maximum atomic E-state index is 12.8. The van der Waals surface area contributed by atoms with Gasteiger partial charge in [-0.3, -0.25) is 9.52 Å². The summed E-state index contributed by atoms with van der Waals surface area (Å²) in [4.78, 5) is 13.1. The number of amides is 1. The van der Waals surface area contributed by atoms with Gasteiger partial charge < -0.3 is 4.90 Å². The second-order valence-corrected chi connectivity index (χ2v) is 8.03. The minimum atomic E-state index is -4.63. The molecule has 1 aliphatic rings. The molecule has 0 radical (unpaired) electrons. The lowest BCUT2D eigenvalue weighted by Crippen LogP contribution is -2.23. The Morgan fingerprint density at radius 3 is 2.30 bits per heavy atom. The van der Waals surface area contributed by atoms with Crippen molar-refractivity contribution in [1.82, 2.24) is 0 Å². The topological polar surface area (TPSA) is 66.5 Å². The molecule has 0 aliphatic carbocycles. The van der Waals surface area contributed by atoms with Crippen molar-refractivity contribution < 1.29 is 26.4 Å². The second kappa shape index (κ2) is 7.05. The first-order valence-electron chi connectivity index (χ1n) is 7.88. The Hall–Kier alpha value is -2.26. The number of nitrogens with one attached hydrogen (secondary N) is 1. The Morgan fingerprint density at radius 2 is 1.74 bits per heavy atom. The minimum absolute atomic E-state index is 0.0421. The van der Waals surface area contributed by atoms with Crippen molar-refractivity contribution in [3.8, 4) is 0 Å². The SMILES string of the molecule is O=C1CCCN1c1ccc(S(=O)(=O)Nc2cc(C(F)(F)F)ccc2Cl)cc1. The zero-order valence-corrected chi connectivity index (χ0v) is 15.3. The molecule has 2 aromatic carbocycles. The Labute approximate surface area is 158 Å². The summed E-state index contributed by atoms with van der Waals surface area (Å²) in [5, 5.41) is -0.161. The summed E-state index contributed by atoms with van der Waals surface area (Å²) in [6.07, 6.45) is -3.46. The smallest absolute Gasteiger partial charge is 0.312 e. The second-order valence-electron chi connectivity index (χ2n) is 5.94. The van der Waals surface area contributed by atoms with Gasteiger partial charge in [0.25, 0.3) is 10.0 Å². The summed E-state index contributed by atoms with van der Waals surface area (Å²) >= 11 is 5.83. The molecule has 1 heterocycles. The van der Waals surface area contributed by atoms with Crippen LogP contribution in [0, 0.1) is 0 Å². The molecule has 0 atom stereocenters. The lowest BCUT2D eigenvalue weighted by molar-refractivity contribution is -0.137. The number of carbonyl (C=O) groups excluding carboxylic acids is 1. The van der Waals surface area contributed by atoms with Crippen LogP contribution in [0.2, 0.25) is 5.02 Å². The number of nitrogens with zero attached hydrogens (tertiary/aromatic N) is 1. The Morgan fingerprint density at radius 1 is 1.07 bits per heavy atom. The molecular formula is C17H14ClF3N2O3S. The monoisotopic (exact) mass is 418 g/mol. The van der Waals surface area contributed by atoms with Crippen LogP contribution in [0.4, 0.5) is 24.5 Å². The van der Waals surface area contributed by atoms with Crippen molar-refractivity contribution in [3.05, 3.63) is 53.1 Å². The summed E-state index contributed by atoms with van der Waals surface area (Å²) in [5.74, 6) is -0.0421. The van der Waals surface area contributed by atoms with Crippen LogP contribution in [0.5, 0.6) is 0 Å². The molecule has 0 aromatic heterocycles. The maximum Gasteiger partial charge on any atom is 0.416 e. The van der Waals surface area contributed by atoms with Crippen LogP contribution in [0.25, 0.3) is 0 Å². The van der Waals surface area contributed by atoms with Crippen LogP contribution < -0.4 is 9.62 Å². The van der Waals surface area contributed by atoms with Crippen molar-refractivity contribution in [2.75, 3.05) is 16.2 Å². The van der Waals surface area contributed by atoms with Crippen LogP contribution in [-0.2, 0) is 21.0 Å². The van der Waals surface area contributed by atoms with Gasteiger partial charge in [-0.05, 0) is 48.9 Å². The van der Waals surface area contributed by atoms with E-state index in [9.17, 15) is 26.4 Å². The van der Waals surface area contributed by atoms with Crippen molar-refractivity contribution in [2.45, 2.75) is 23.9 Å². The lowest BCUT2D eigenvalue weighted by Gasteiger charge is -2.16. The zero-order valence-electron chi connectivity index (χ0n) is 13.8. The molecular weight excluding hydrogens is 405 g/mol. The lowest BCUT2D eigenvalue weighted by atomic mass is 10.2. The fourth-order valence-electron chi connectivity index (χ4n) is 2.71. The van der Waals surface area contributed by atoms with Gasteiger partial charge in [0.2, 0.25) is 5.91 Å². The Kier molecular flexibility index (Phi) is 5.09. The zero-order chi connectivity index (χ0) is 19.8. The molecule has 1 aliphatic heterocycles. The van der Waals surface area contributed by atoms with Crippen molar-refractivity contribution in [1.29, 1.82) is 0 Å². The number of rotatable bonds is 4. The molecule has 1 amide bonds. The van der Waals surface area contributed by atoms with Gasteiger partial charge in [0.05, 0.1) is 21.2 Å². The van der Waals surface area contributed by atoms with E-state index in [1.807, 2.05) is 0 Å². The van der Waals surface area contributed by atoms with Gasteiger partial charge in [-0.2, -0.15) is 13.2 Å². The van der Waals surface area contributed by atoms with Crippen LogP contribution in [0.1, 0.15) is 18.4 Å². The molecule has 0 bridgehead atoms. The Bertz CT molecular complexity index is 976. The number of alkyl halides is 3. The number of hydrogen-bond acceptors (Lipinski definition) is 3. The van der Waals surface area contributed by atoms with Crippen molar-refractivity contribution >= 4 is 38.9 Å². The number of benzene rings is 2. The minimum Gasteiger partial charge on any atom is -0.312 e. The molecule has 1 saturated heterocycles. The fraction of sp³-hybridized carbons (Fsp3) is 0.235. The highest BCUT2D eigenvalue weighted by Gasteiger charge is 2.31. The van der Waals surface area contributed by atoms with Crippen molar-refractivity contribution in [3.63, 3.8) is 0 Å². The van der Waals surface area contributed by atoms with Gasteiger partial charge in [-0.15, -0.1) is 0 Å². The first-order valence-corrected chi connectivity index (χ1v) is 9.74. The largest absolute Gasteiger partial charge is 0.416 e. The third kappa shape index (κ3) is 4.19. The predicted octanol–water partition coefficient (Wildman–Crippen LogP) is 4.29. The number of halogens is 4. The highest BCUT2D eigenvalue weighted by atomic mass is 35.5. The molecule has 10 heteroatoms.